The van der Waals surface area contributed by atoms with Gasteiger partial charge >= 0.3 is 0 Å². The van der Waals surface area contributed by atoms with E-state index in [0.717, 1.165) is 27.9 Å². The average Bonchev–Trinajstić information content (AvgIpc) is 3.02. The van der Waals surface area contributed by atoms with Crippen LogP contribution in [0.3, 0.4) is 0 Å². The summed E-state index contributed by atoms with van der Waals surface area (Å²) in [5.41, 5.74) is 2.75. The van der Waals surface area contributed by atoms with Crippen LogP contribution in [0.2, 0.25) is 0 Å². The van der Waals surface area contributed by atoms with Crippen LogP contribution in [0.5, 0.6) is 23.0 Å². The minimum Gasteiger partial charge on any atom is -0.497 e. The van der Waals surface area contributed by atoms with Gasteiger partial charge in [-0.3, -0.25) is 0 Å². The smallest absolute Gasteiger partial charge is 0.135 e. The number of aromatic nitrogens is 1. The van der Waals surface area contributed by atoms with Gasteiger partial charge in [-0.25, -0.2) is 0 Å². The van der Waals surface area contributed by atoms with Crippen molar-refractivity contribution >= 4 is 10.9 Å². The fourth-order valence-corrected chi connectivity index (χ4v) is 2.64. The molecule has 0 aliphatic heterocycles. The maximum atomic E-state index is 5.52. The molecule has 1 heterocycles. The predicted molar refractivity (Wildman–Crippen MR) is 89.9 cm³/mol. The number of ether oxygens (including phenoxy) is 4. The number of hydrogen-bond acceptors (Lipinski definition) is 4. The van der Waals surface area contributed by atoms with Gasteiger partial charge in [-0.2, -0.15) is 0 Å². The topological polar surface area (TPSA) is 52.7 Å². The summed E-state index contributed by atoms with van der Waals surface area (Å²) in [5, 5.41) is 1.08. The quantitative estimate of drug-likeness (QED) is 0.777. The van der Waals surface area contributed by atoms with Crippen LogP contribution in [0.4, 0.5) is 0 Å². The Bertz CT molecular complexity index is 813. The van der Waals surface area contributed by atoms with E-state index in [2.05, 4.69) is 11.1 Å². The Labute approximate surface area is 134 Å². The number of hydrogen-bond donors (Lipinski definition) is 1. The molecule has 1 N–H and O–H groups in total. The number of rotatable bonds is 5. The fourth-order valence-electron chi connectivity index (χ4n) is 2.64. The predicted octanol–water partition coefficient (Wildman–Crippen LogP) is 3.87. The van der Waals surface area contributed by atoms with Gasteiger partial charge in [-0.1, -0.05) is 0 Å². The molecular weight excluding hydrogens is 294 g/mol. The molecule has 0 saturated carbocycles. The first-order valence-electron chi connectivity index (χ1n) is 7.17. The lowest BCUT2D eigenvalue weighted by Gasteiger charge is -2.14. The van der Waals surface area contributed by atoms with Crippen LogP contribution in [0.25, 0.3) is 22.2 Å². The number of aromatic amines is 1. The summed E-state index contributed by atoms with van der Waals surface area (Å²) in [6.45, 7) is 0. The second-order valence-corrected chi connectivity index (χ2v) is 5.04. The maximum absolute atomic E-state index is 5.52. The lowest BCUT2D eigenvalue weighted by atomic mass is 10.1. The fraction of sp³-hybridized carbons (Fsp3) is 0.222. The molecule has 0 amide bonds. The van der Waals surface area contributed by atoms with E-state index in [4.69, 9.17) is 18.9 Å². The van der Waals surface area contributed by atoms with Gasteiger partial charge in [-0.05, 0) is 18.2 Å². The first-order chi connectivity index (χ1) is 11.2. The van der Waals surface area contributed by atoms with Crippen molar-refractivity contribution < 1.29 is 18.9 Å². The SMILES string of the molecule is COc1cc(OC)c(-c2cc3ccc(OC)cc3[nH]2)c(OC)c1. The molecule has 5 heteroatoms. The number of nitrogens with one attached hydrogen (secondary N) is 1. The third kappa shape index (κ3) is 2.65. The molecule has 0 saturated heterocycles. The molecular formula is C18H19NO4. The molecule has 0 spiro atoms. The van der Waals surface area contributed by atoms with Crippen LogP contribution in [-0.2, 0) is 0 Å². The number of methoxy groups -OCH3 is 4. The highest BCUT2D eigenvalue weighted by Gasteiger charge is 2.17. The van der Waals surface area contributed by atoms with Crippen molar-refractivity contribution in [1.29, 1.82) is 0 Å². The van der Waals surface area contributed by atoms with Gasteiger partial charge in [0, 0.05) is 29.1 Å². The van der Waals surface area contributed by atoms with E-state index in [1.165, 1.54) is 0 Å². The van der Waals surface area contributed by atoms with E-state index in [-0.39, 0.29) is 0 Å². The van der Waals surface area contributed by atoms with Crippen LogP contribution in [0, 0.1) is 0 Å². The molecule has 0 fully saturated rings. The molecule has 0 unspecified atom stereocenters. The summed E-state index contributed by atoms with van der Waals surface area (Å²) in [6, 6.07) is 11.6. The summed E-state index contributed by atoms with van der Waals surface area (Å²) in [7, 11) is 6.52. The van der Waals surface area contributed by atoms with Crippen molar-refractivity contribution in [2.75, 3.05) is 28.4 Å². The van der Waals surface area contributed by atoms with E-state index < -0.39 is 0 Å². The summed E-state index contributed by atoms with van der Waals surface area (Å²) in [5.74, 6) is 2.85. The Hall–Kier alpha value is -2.82. The Balaban J connectivity index is 2.20. The van der Waals surface area contributed by atoms with Crippen LogP contribution < -0.4 is 18.9 Å². The average molecular weight is 313 g/mol. The van der Waals surface area contributed by atoms with Crippen LogP contribution in [0.1, 0.15) is 0 Å². The van der Waals surface area contributed by atoms with Crippen molar-refractivity contribution in [3.63, 3.8) is 0 Å². The Morgan fingerprint density at radius 3 is 1.91 bits per heavy atom. The van der Waals surface area contributed by atoms with Gasteiger partial charge < -0.3 is 23.9 Å². The minimum absolute atomic E-state index is 0.680. The molecule has 0 radical (unpaired) electrons. The Morgan fingerprint density at radius 2 is 1.35 bits per heavy atom. The van der Waals surface area contributed by atoms with Crippen LogP contribution >= 0.6 is 0 Å². The standard InChI is InChI=1S/C18H19NO4/c1-20-12-6-5-11-7-15(19-14(11)8-12)18-16(22-3)9-13(21-2)10-17(18)23-4/h5-10,19H,1-4H3. The minimum atomic E-state index is 0.680. The summed E-state index contributed by atoms with van der Waals surface area (Å²) in [4.78, 5) is 3.39. The third-order valence-electron chi connectivity index (χ3n) is 3.81. The van der Waals surface area contributed by atoms with Gasteiger partial charge in [0.15, 0.2) is 0 Å². The van der Waals surface area contributed by atoms with Crippen LogP contribution in [0.15, 0.2) is 36.4 Å². The van der Waals surface area contributed by atoms with Gasteiger partial charge in [0.25, 0.3) is 0 Å². The zero-order chi connectivity index (χ0) is 16.4. The molecule has 120 valence electrons. The Morgan fingerprint density at radius 1 is 0.696 bits per heavy atom. The second-order valence-electron chi connectivity index (χ2n) is 5.04. The maximum Gasteiger partial charge on any atom is 0.135 e. The normalized spacial score (nSPS) is 10.6. The zero-order valence-corrected chi connectivity index (χ0v) is 13.6. The Kier molecular flexibility index (Phi) is 4.02. The number of H-pyrrole nitrogens is 1. The molecule has 3 aromatic rings. The lowest BCUT2D eigenvalue weighted by molar-refractivity contribution is 0.377. The highest BCUT2D eigenvalue weighted by Crippen LogP contribution is 2.42. The van der Waals surface area contributed by atoms with Crippen molar-refractivity contribution in [3.05, 3.63) is 36.4 Å². The molecule has 0 atom stereocenters. The largest absolute Gasteiger partial charge is 0.497 e. The first kappa shape index (κ1) is 15.1. The highest BCUT2D eigenvalue weighted by atomic mass is 16.5. The van der Waals surface area contributed by atoms with Crippen molar-refractivity contribution in [2.45, 2.75) is 0 Å². The van der Waals surface area contributed by atoms with E-state index in [0.29, 0.717) is 17.2 Å². The van der Waals surface area contributed by atoms with Crippen molar-refractivity contribution in [1.82, 2.24) is 4.98 Å². The lowest BCUT2D eigenvalue weighted by Crippen LogP contribution is -1.95. The molecule has 0 aliphatic rings. The van der Waals surface area contributed by atoms with Gasteiger partial charge in [0.2, 0.25) is 0 Å². The highest BCUT2D eigenvalue weighted by molar-refractivity contribution is 5.89. The summed E-state index contributed by atoms with van der Waals surface area (Å²) in [6.07, 6.45) is 0. The summed E-state index contributed by atoms with van der Waals surface area (Å²) >= 11 is 0. The molecule has 3 rings (SSSR count). The molecule has 5 nitrogen and oxygen atoms in total. The monoisotopic (exact) mass is 313 g/mol. The molecule has 0 bridgehead atoms. The van der Waals surface area contributed by atoms with Crippen molar-refractivity contribution in [3.8, 4) is 34.3 Å². The van der Waals surface area contributed by atoms with E-state index in [9.17, 15) is 0 Å². The van der Waals surface area contributed by atoms with Gasteiger partial charge in [0.1, 0.15) is 23.0 Å². The molecule has 1 aromatic heterocycles. The molecule has 0 aliphatic carbocycles. The van der Waals surface area contributed by atoms with E-state index >= 15 is 0 Å². The van der Waals surface area contributed by atoms with E-state index in [1.807, 2.05) is 30.3 Å². The number of benzene rings is 2. The van der Waals surface area contributed by atoms with Crippen molar-refractivity contribution in [2.24, 2.45) is 0 Å². The second kappa shape index (κ2) is 6.12. The van der Waals surface area contributed by atoms with Gasteiger partial charge in [-0.15, -0.1) is 0 Å². The zero-order valence-electron chi connectivity index (χ0n) is 13.6. The van der Waals surface area contributed by atoms with Gasteiger partial charge in [0.05, 0.1) is 39.7 Å². The van der Waals surface area contributed by atoms with E-state index in [1.54, 1.807) is 28.4 Å². The van der Waals surface area contributed by atoms with Crippen LogP contribution in [-0.4, -0.2) is 33.4 Å². The first-order valence-corrected chi connectivity index (χ1v) is 7.17. The number of fused-ring (bicyclic) bond motifs is 1. The molecule has 23 heavy (non-hydrogen) atoms. The molecule has 2 aromatic carbocycles. The third-order valence-corrected chi connectivity index (χ3v) is 3.81. The summed E-state index contributed by atoms with van der Waals surface area (Å²) < 4.78 is 21.6.